The van der Waals surface area contributed by atoms with Crippen LogP contribution in [0.4, 0.5) is 8.78 Å². The standard InChI is InChI=1S/C28H29F2N3O6/c1-2-3-9-24(34)32-20(12-18-7-5-4-6-8-18)25(35)27(37)33-16-28(29,30)14-21(33)26(36)31-15-19-10-11-22-23(13-19)39-17-38-22/h1,4-8,10-11,13,20-21,25,35H,3,9,12,14-17H2,(H,31,36)(H,32,34)/t20-,21-,25-/m0/s1. The number of benzene rings is 2. The lowest BCUT2D eigenvalue weighted by Gasteiger charge is -2.30. The zero-order valence-electron chi connectivity index (χ0n) is 21.1. The topological polar surface area (TPSA) is 117 Å². The van der Waals surface area contributed by atoms with Gasteiger partial charge >= 0.3 is 0 Å². The molecule has 9 nitrogen and oxygen atoms in total. The minimum Gasteiger partial charge on any atom is -0.454 e. The van der Waals surface area contributed by atoms with Crippen molar-refractivity contribution in [1.82, 2.24) is 15.5 Å². The lowest BCUT2D eigenvalue weighted by molar-refractivity contribution is -0.147. The Morgan fingerprint density at radius 3 is 2.62 bits per heavy atom. The van der Waals surface area contributed by atoms with E-state index in [-0.39, 0.29) is 32.6 Å². The van der Waals surface area contributed by atoms with Gasteiger partial charge in [-0.1, -0.05) is 36.4 Å². The Labute approximate surface area is 224 Å². The highest BCUT2D eigenvalue weighted by molar-refractivity contribution is 5.91. The first-order chi connectivity index (χ1) is 18.7. The summed E-state index contributed by atoms with van der Waals surface area (Å²) in [5.41, 5.74) is 1.35. The molecular formula is C28H29F2N3O6. The van der Waals surface area contributed by atoms with Gasteiger partial charge in [0.15, 0.2) is 17.6 Å². The molecule has 4 rings (SSSR count). The third-order valence-corrected chi connectivity index (χ3v) is 6.53. The number of nitrogens with zero attached hydrogens (tertiary/aromatic N) is 1. The summed E-state index contributed by atoms with van der Waals surface area (Å²) in [5, 5.41) is 16.2. The lowest BCUT2D eigenvalue weighted by atomic mass is 9.99. The van der Waals surface area contributed by atoms with Crippen LogP contribution in [0.1, 0.15) is 30.4 Å². The molecule has 0 bridgehead atoms. The average Bonchev–Trinajstić information content (AvgIpc) is 3.53. The zero-order valence-corrected chi connectivity index (χ0v) is 21.1. The van der Waals surface area contributed by atoms with Crippen LogP contribution in [0.25, 0.3) is 0 Å². The van der Waals surface area contributed by atoms with Crippen LogP contribution in [0.15, 0.2) is 48.5 Å². The molecule has 2 aliphatic heterocycles. The van der Waals surface area contributed by atoms with E-state index in [0.717, 1.165) is 0 Å². The van der Waals surface area contributed by atoms with Crippen LogP contribution in [0.5, 0.6) is 11.5 Å². The van der Waals surface area contributed by atoms with Crippen molar-refractivity contribution in [2.45, 2.75) is 56.3 Å². The second-order valence-electron chi connectivity index (χ2n) is 9.46. The first kappa shape index (κ1) is 27.9. The zero-order chi connectivity index (χ0) is 28.0. The van der Waals surface area contributed by atoms with E-state index in [2.05, 4.69) is 16.6 Å². The molecule has 2 aromatic carbocycles. The number of aliphatic hydroxyl groups excluding tert-OH is 1. The second-order valence-corrected chi connectivity index (χ2v) is 9.46. The van der Waals surface area contributed by atoms with Crippen LogP contribution in [0, 0.1) is 12.3 Å². The highest BCUT2D eigenvalue weighted by atomic mass is 19.3. The van der Waals surface area contributed by atoms with Crippen molar-refractivity contribution < 1.29 is 37.7 Å². The molecular weight excluding hydrogens is 512 g/mol. The van der Waals surface area contributed by atoms with Crippen molar-refractivity contribution in [3.05, 3.63) is 59.7 Å². The fourth-order valence-corrected chi connectivity index (χ4v) is 4.56. The molecule has 11 heteroatoms. The lowest BCUT2D eigenvalue weighted by Crippen LogP contribution is -2.55. The highest BCUT2D eigenvalue weighted by Crippen LogP contribution is 2.34. The van der Waals surface area contributed by atoms with Gasteiger partial charge in [-0.05, 0) is 29.7 Å². The van der Waals surface area contributed by atoms with E-state index in [1.165, 1.54) is 0 Å². The number of terminal acetylenes is 1. The van der Waals surface area contributed by atoms with Crippen molar-refractivity contribution in [1.29, 1.82) is 0 Å². The molecule has 0 aliphatic carbocycles. The van der Waals surface area contributed by atoms with Crippen molar-refractivity contribution in [3.63, 3.8) is 0 Å². The molecule has 3 atom stereocenters. The number of carbonyl (C=O) groups excluding carboxylic acids is 3. The normalized spacial score (nSPS) is 18.6. The number of alkyl halides is 2. The molecule has 39 heavy (non-hydrogen) atoms. The van der Waals surface area contributed by atoms with Crippen molar-refractivity contribution in [2.75, 3.05) is 13.3 Å². The molecule has 1 saturated heterocycles. The largest absolute Gasteiger partial charge is 0.454 e. The van der Waals surface area contributed by atoms with Gasteiger partial charge in [0.1, 0.15) is 6.04 Å². The van der Waals surface area contributed by atoms with Gasteiger partial charge in [-0.25, -0.2) is 8.78 Å². The minimum atomic E-state index is -3.33. The van der Waals surface area contributed by atoms with Crippen LogP contribution >= 0.6 is 0 Å². The van der Waals surface area contributed by atoms with Gasteiger partial charge in [-0.15, -0.1) is 12.3 Å². The van der Waals surface area contributed by atoms with Gasteiger partial charge in [0, 0.05) is 25.8 Å². The van der Waals surface area contributed by atoms with Crippen LogP contribution < -0.4 is 20.1 Å². The van der Waals surface area contributed by atoms with Gasteiger partial charge in [-0.2, -0.15) is 0 Å². The number of fused-ring (bicyclic) bond motifs is 1. The van der Waals surface area contributed by atoms with E-state index >= 15 is 0 Å². The number of nitrogens with one attached hydrogen (secondary N) is 2. The summed E-state index contributed by atoms with van der Waals surface area (Å²) >= 11 is 0. The van der Waals surface area contributed by atoms with Crippen LogP contribution in [0.2, 0.25) is 0 Å². The summed E-state index contributed by atoms with van der Waals surface area (Å²) in [4.78, 5) is 39.4. The number of likely N-dealkylation sites (tertiary alicyclic amines) is 1. The minimum absolute atomic E-state index is 0.00396. The Bertz CT molecular complexity index is 1250. The molecule has 2 aromatic rings. The summed E-state index contributed by atoms with van der Waals surface area (Å²) in [6, 6.07) is 11.2. The van der Waals surface area contributed by atoms with Crippen molar-refractivity contribution >= 4 is 17.7 Å². The summed E-state index contributed by atoms with van der Waals surface area (Å²) in [7, 11) is 0. The predicted molar refractivity (Wildman–Crippen MR) is 136 cm³/mol. The molecule has 0 saturated carbocycles. The molecule has 2 heterocycles. The number of aliphatic hydroxyl groups is 1. The molecule has 0 spiro atoms. The Morgan fingerprint density at radius 2 is 1.87 bits per heavy atom. The highest BCUT2D eigenvalue weighted by Gasteiger charge is 2.51. The Morgan fingerprint density at radius 1 is 1.13 bits per heavy atom. The second kappa shape index (κ2) is 12.1. The molecule has 3 amide bonds. The third-order valence-electron chi connectivity index (χ3n) is 6.53. The van der Waals surface area contributed by atoms with Gasteiger partial charge in [0.2, 0.25) is 18.6 Å². The van der Waals surface area contributed by atoms with E-state index in [9.17, 15) is 28.3 Å². The quantitative estimate of drug-likeness (QED) is 0.395. The SMILES string of the molecule is C#CCCC(=O)N[C@@H](Cc1ccccc1)[C@H](O)C(=O)N1CC(F)(F)C[C@H]1C(=O)NCc1ccc2c(c1)OCO2. The number of carbonyl (C=O) groups is 3. The molecule has 2 aliphatic rings. The summed E-state index contributed by atoms with van der Waals surface area (Å²) < 4.78 is 39.5. The Kier molecular flexibility index (Phi) is 8.66. The number of hydrogen-bond acceptors (Lipinski definition) is 6. The summed E-state index contributed by atoms with van der Waals surface area (Å²) in [6.45, 7) is -0.949. The van der Waals surface area contributed by atoms with Gasteiger partial charge in [0.25, 0.3) is 11.8 Å². The molecule has 0 aromatic heterocycles. The average molecular weight is 542 g/mol. The predicted octanol–water partition coefficient (Wildman–Crippen LogP) is 1.77. The van der Waals surface area contributed by atoms with Crippen LogP contribution in [-0.4, -0.2) is 65.2 Å². The first-order valence-corrected chi connectivity index (χ1v) is 12.5. The van der Waals surface area contributed by atoms with Gasteiger partial charge in [0.05, 0.1) is 12.6 Å². The number of hydrogen-bond donors (Lipinski definition) is 3. The summed E-state index contributed by atoms with van der Waals surface area (Å²) in [6.07, 6.45) is 2.62. The third kappa shape index (κ3) is 7.03. The fraction of sp³-hybridized carbons (Fsp3) is 0.393. The first-order valence-electron chi connectivity index (χ1n) is 12.5. The van der Waals surface area contributed by atoms with Crippen LogP contribution in [-0.2, 0) is 27.3 Å². The monoisotopic (exact) mass is 541 g/mol. The van der Waals surface area contributed by atoms with Gasteiger partial charge < -0.3 is 30.1 Å². The van der Waals surface area contributed by atoms with E-state index in [1.807, 2.05) is 0 Å². The van der Waals surface area contributed by atoms with E-state index in [1.54, 1.807) is 48.5 Å². The van der Waals surface area contributed by atoms with E-state index in [4.69, 9.17) is 15.9 Å². The van der Waals surface area contributed by atoms with Crippen molar-refractivity contribution in [3.8, 4) is 23.8 Å². The number of halogens is 2. The molecule has 1 fully saturated rings. The maximum atomic E-state index is 14.5. The Hall–Kier alpha value is -4.17. The van der Waals surface area contributed by atoms with Gasteiger partial charge in [-0.3, -0.25) is 14.4 Å². The Balaban J connectivity index is 1.47. The smallest absolute Gasteiger partial charge is 0.267 e. The molecule has 0 radical (unpaired) electrons. The van der Waals surface area contributed by atoms with E-state index < -0.39 is 54.8 Å². The number of ether oxygens (including phenoxy) is 2. The summed E-state index contributed by atoms with van der Waals surface area (Å²) in [5.74, 6) is -2.29. The molecule has 3 N–H and O–H groups in total. The van der Waals surface area contributed by atoms with Crippen LogP contribution in [0.3, 0.4) is 0 Å². The molecule has 0 unspecified atom stereocenters. The van der Waals surface area contributed by atoms with Crippen molar-refractivity contribution in [2.24, 2.45) is 0 Å². The molecule has 206 valence electrons. The number of amides is 3. The maximum absolute atomic E-state index is 14.5. The number of rotatable bonds is 10. The fourth-order valence-electron chi connectivity index (χ4n) is 4.56. The van der Waals surface area contributed by atoms with E-state index in [0.29, 0.717) is 27.5 Å². The maximum Gasteiger partial charge on any atom is 0.267 e.